The predicted molar refractivity (Wildman–Crippen MR) is 58.4 cm³/mol. The molecule has 0 spiro atoms. The summed E-state index contributed by atoms with van der Waals surface area (Å²) in [6, 6.07) is 1.93. The third-order valence-corrected chi connectivity index (χ3v) is 1.91. The van der Waals surface area contributed by atoms with Crippen molar-refractivity contribution >= 4 is 11.5 Å². The molecular weight excluding hydrogens is 178 g/mol. The molecule has 0 bridgehead atoms. The fourth-order valence-electron chi connectivity index (χ4n) is 1.06. The highest BCUT2D eigenvalue weighted by atomic mass is 16.5. The highest BCUT2D eigenvalue weighted by Crippen LogP contribution is 2.12. The summed E-state index contributed by atoms with van der Waals surface area (Å²) in [5.74, 6) is 0.844. The Hall–Kier alpha value is -1.29. The SMILES string of the molecule is CCOCCNc1cc(C)c(N)cn1. The van der Waals surface area contributed by atoms with Gasteiger partial charge < -0.3 is 15.8 Å². The van der Waals surface area contributed by atoms with Crippen LogP contribution in [0.1, 0.15) is 12.5 Å². The molecule has 1 aromatic rings. The fourth-order valence-corrected chi connectivity index (χ4v) is 1.06. The number of aromatic nitrogens is 1. The summed E-state index contributed by atoms with van der Waals surface area (Å²) in [4.78, 5) is 4.15. The highest BCUT2D eigenvalue weighted by molar-refractivity contribution is 5.50. The van der Waals surface area contributed by atoms with Crippen molar-refractivity contribution in [3.63, 3.8) is 0 Å². The molecule has 0 aliphatic heterocycles. The standard InChI is InChI=1S/C10H17N3O/c1-3-14-5-4-12-10-6-8(2)9(11)7-13-10/h6-7H,3-5,11H2,1-2H3,(H,12,13). The summed E-state index contributed by atoms with van der Waals surface area (Å²) < 4.78 is 5.19. The first-order chi connectivity index (χ1) is 6.74. The van der Waals surface area contributed by atoms with Crippen LogP contribution in [-0.4, -0.2) is 24.7 Å². The molecule has 0 atom stereocenters. The number of nitrogens with zero attached hydrogens (tertiary/aromatic N) is 1. The van der Waals surface area contributed by atoms with Crippen LogP contribution in [-0.2, 0) is 4.74 Å². The van der Waals surface area contributed by atoms with Crippen LogP contribution in [0.15, 0.2) is 12.3 Å². The Bertz CT molecular complexity index is 289. The summed E-state index contributed by atoms with van der Waals surface area (Å²) in [7, 11) is 0. The molecule has 78 valence electrons. The molecule has 1 heterocycles. The number of pyridine rings is 1. The number of nitrogens with one attached hydrogen (secondary N) is 1. The summed E-state index contributed by atoms with van der Waals surface area (Å²) >= 11 is 0. The Morgan fingerprint density at radius 1 is 1.57 bits per heavy atom. The second-order valence-corrected chi connectivity index (χ2v) is 3.05. The van der Waals surface area contributed by atoms with E-state index in [1.54, 1.807) is 6.20 Å². The van der Waals surface area contributed by atoms with Crippen molar-refractivity contribution in [2.45, 2.75) is 13.8 Å². The van der Waals surface area contributed by atoms with Crippen molar-refractivity contribution in [2.75, 3.05) is 30.8 Å². The summed E-state index contributed by atoms with van der Waals surface area (Å²) in [5.41, 5.74) is 7.41. The zero-order valence-corrected chi connectivity index (χ0v) is 8.71. The van der Waals surface area contributed by atoms with E-state index in [9.17, 15) is 0 Å². The molecule has 14 heavy (non-hydrogen) atoms. The van der Waals surface area contributed by atoms with Gasteiger partial charge in [-0.05, 0) is 25.5 Å². The van der Waals surface area contributed by atoms with E-state index >= 15 is 0 Å². The Morgan fingerprint density at radius 3 is 3.00 bits per heavy atom. The zero-order valence-electron chi connectivity index (χ0n) is 8.71. The number of rotatable bonds is 5. The van der Waals surface area contributed by atoms with Crippen LogP contribution in [0.4, 0.5) is 11.5 Å². The van der Waals surface area contributed by atoms with Gasteiger partial charge in [-0.1, -0.05) is 0 Å². The van der Waals surface area contributed by atoms with Crippen molar-refractivity contribution in [1.29, 1.82) is 0 Å². The second-order valence-electron chi connectivity index (χ2n) is 3.05. The highest BCUT2D eigenvalue weighted by Gasteiger charge is 1.96. The number of aryl methyl sites for hydroxylation is 1. The van der Waals surface area contributed by atoms with E-state index in [1.807, 2.05) is 19.9 Å². The van der Waals surface area contributed by atoms with E-state index in [-0.39, 0.29) is 0 Å². The molecule has 4 nitrogen and oxygen atoms in total. The van der Waals surface area contributed by atoms with E-state index in [2.05, 4.69) is 10.3 Å². The maximum Gasteiger partial charge on any atom is 0.126 e. The minimum Gasteiger partial charge on any atom is -0.397 e. The smallest absolute Gasteiger partial charge is 0.126 e. The van der Waals surface area contributed by atoms with E-state index in [0.29, 0.717) is 6.61 Å². The third-order valence-electron chi connectivity index (χ3n) is 1.91. The topological polar surface area (TPSA) is 60.2 Å². The minimum absolute atomic E-state index is 0.696. The number of anilines is 2. The van der Waals surface area contributed by atoms with Crippen LogP contribution in [0.25, 0.3) is 0 Å². The van der Waals surface area contributed by atoms with Gasteiger partial charge in [0.2, 0.25) is 0 Å². The van der Waals surface area contributed by atoms with Crippen LogP contribution < -0.4 is 11.1 Å². The monoisotopic (exact) mass is 195 g/mol. The van der Waals surface area contributed by atoms with E-state index < -0.39 is 0 Å². The van der Waals surface area contributed by atoms with E-state index in [4.69, 9.17) is 10.5 Å². The van der Waals surface area contributed by atoms with Crippen molar-refractivity contribution < 1.29 is 4.74 Å². The summed E-state index contributed by atoms with van der Waals surface area (Å²) in [5, 5.41) is 3.16. The summed E-state index contributed by atoms with van der Waals surface area (Å²) in [6.45, 7) is 6.15. The quantitative estimate of drug-likeness (QED) is 0.698. The molecule has 1 rings (SSSR count). The van der Waals surface area contributed by atoms with Crippen LogP contribution in [0.2, 0.25) is 0 Å². The largest absolute Gasteiger partial charge is 0.397 e. The van der Waals surface area contributed by atoms with Gasteiger partial charge in [-0.3, -0.25) is 0 Å². The average Bonchev–Trinajstić information content (AvgIpc) is 2.18. The van der Waals surface area contributed by atoms with Gasteiger partial charge in [0.15, 0.2) is 0 Å². The van der Waals surface area contributed by atoms with Crippen molar-refractivity contribution in [2.24, 2.45) is 0 Å². The molecule has 0 aromatic carbocycles. The number of nitrogen functional groups attached to an aromatic ring is 1. The first-order valence-electron chi connectivity index (χ1n) is 4.77. The Labute approximate surface area is 84.5 Å². The van der Waals surface area contributed by atoms with E-state index in [0.717, 1.165) is 30.2 Å². The average molecular weight is 195 g/mol. The van der Waals surface area contributed by atoms with E-state index in [1.165, 1.54) is 0 Å². The van der Waals surface area contributed by atoms with Gasteiger partial charge in [0.25, 0.3) is 0 Å². The van der Waals surface area contributed by atoms with Gasteiger partial charge in [-0.2, -0.15) is 0 Å². The molecule has 1 aromatic heterocycles. The lowest BCUT2D eigenvalue weighted by Gasteiger charge is -2.07. The number of hydrogen-bond donors (Lipinski definition) is 2. The molecule has 0 saturated carbocycles. The molecular formula is C10H17N3O. The molecule has 0 amide bonds. The Morgan fingerprint density at radius 2 is 2.36 bits per heavy atom. The number of nitrogens with two attached hydrogens (primary N) is 1. The van der Waals surface area contributed by atoms with Crippen molar-refractivity contribution in [1.82, 2.24) is 4.98 Å². The molecule has 0 fully saturated rings. The van der Waals surface area contributed by atoms with Crippen LogP contribution >= 0.6 is 0 Å². The number of hydrogen-bond acceptors (Lipinski definition) is 4. The minimum atomic E-state index is 0.696. The Balaban J connectivity index is 2.39. The first-order valence-corrected chi connectivity index (χ1v) is 4.77. The molecule has 0 aliphatic rings. The number of ether oxygens (including phenoxy) is 1. The lowest BCUT2D eigenvalue weighted by atomic mass is 10.2. The van der Waals surface area contributed by atoms with Gasteiger partial charge in [0.1, 0.15) is 5.82 Å². The second kappa shape index (κ2) is 5.44. The maximum atomic E-state index is 5.65. The predicted octanol–water partition coefficient (Wildman–Crippen LogP) is 1.42. The molecule has 0 unspecified atom stereocenters. The summed E-state index contributed by atoms with van der Waals surface area (Å²) in [6.07, 6.45) is 1.67. The van der Waals surface area contributed by atoms with Crippen LogP contribution in [0.3, 0.4) is 0 Å². The molecule has 0 radical (unpaired) electrons. The Kier molecular flexibility index (Phi) is 4.19. The van der Waals surface area contributed by atoms with Gasteiger partial charge in [0.05, 0.1) is 18.5 Å². The molecule has 4 heteroatoms. The lowest BCUT2D eigenvalue weighted by Crippen LogP contribution is -2.10. The fraction of sp³-hybridized carbons (Fsp3) is 0.500. The molecule has 3 N–H and O–H groups in total. The van der Waals surface area contributed by atoms with Crippen molar-refractivity contribution in [3.8, 4) is 0 Å². The maximum absolute atomic E-state index is 5.65. The van der Waals surface area contributed by atoms with Gasteiger partial charge in [-0.25, -0.2) is 4.98 Å². The van der Waals surface area contributed by atoms with Crippen molar-refractivity contribution in [3.05, 3.63) is 17.8 Å². The third kappa shape index (κ3) is 3.22. The van der Waals surface area contributed by atoms with Crippen LogP contribution in [0.5, 0.6) is 0 Å². The first kappa shape index (κ1) is 10.8. The molecule has 0 saturated heterocycles. The normalized spacial score (nSPS) is 10.1. The zero-order chi connectivity index (χ0) is 10.4. The van der Waals surface area contributed by atoms with Gasteiger partial charge in [-0.15, -0.1) is 0 Å². The molecule has 0 aliphatic carbocycles. The van der Waals surface area contributed by atoms with Crippen LogP contribution in [0, 0.1) is 6.92 Å². The lowest BCUT2D eigenvalue weighted by molar-refractivity contribution is 0.158. The van der Waals surface area contributed by atoms with Gasteiger partial charge in [0, 0.05) is 13.2 Å². The van der Waals surface area contributed by atoms with Gasteiger partial charge >= 0.3 is 0 Å².